The summed E-state index contributed by atoms with van der Waals surface area (Å²) in [6.07, 6.45) is 2.35. The van der Waals surface area contributed by atoms with Gasteiger partial charge in [-0.25, -0.2) is 14.2 Å². The number of anilines is 2. The second-order valence-corrected chi connectivity index (χ2v) is 14.7. The lowest BCUT2D eigenvalue weighted by atomic mass is 10.3. The van der Waals surface area contributed by atoms with Crippen LogP contribution in [0.1, 0.15) is 17.0 Å². The number of aryl methyl sites for hydroxylation is 2. The fourth-order valence-corrected chi connectivity index (χ4v) is 6.35. The number of hydrogen-bond donors (Lipinski definition) is 5. The van der Waals surface area contributed by atoms with Gasteiger partial charge in [0.15, 0.2) is 34.6 Å². The molecule has 0 fully saturated rings. The summed E-state index contributed by atoms with van der Waals surface area (Å²) in [4.78, 5) is 14.7. The number of benzene rings is 2. The van der Waals surface area contributed by atoms with E-state index in [4.69, 9.17) is 18.0 Å². The third kappa shape index (κ3) is 7.39. The first-order valence-electron chi connectivity index (χ1n) is 16.1. The van der Waals surface area contributed by atoms with Crippen LogP contribution in [0, 0.1) is 31.8 Å². The maximum Gasteiger partial charge on any atom is 0.320 e. The number of nitrogen functional groups attached to an aromatic ring is 2. The summed E-state index contributed by atoms with van der Waals surface area (Å²) in [6, 6.07) is 11.3. The average molecular weight is 838 g/mol. The highest BCUT2D eigenvalue weighted by Gasteiger charge is 2.23. The molecule has 0 atom stereocenters. The molecule has 0 aliphatic heterocycles. The third-order valence-electron chi connectivity index (χ3n) is 8.03. The molecule has 7 N–H and O–H groups in total. The zero-order valence-electron chi connectivity index (χ0n) is 29.8. The molecular weight excluding hydrogens is 815 g/mol. The average Bonchev–Trinajstić information content (AvgIpc) is 3.95. The number of hydrogen-bond acceptors (Lipinski definition) is 19. The number of nitriles is 1. The molecule has 0 amide bonds. The molecule has 0 unspecified atom stereocenters. The molecule has 0 saturated carbocycles. The van der Waals surface area contributed by atoms with Crippen molar-refractivity contribution in [2.24, 2.45) is 20.5 Å². The zero-order chi connectivity index (χ0) is 42.4. The maximum absolute atomic E-state index is 11.7. The van der Waals surface area contributed by atoms with Crippen LogP contribution in [0.5, 0.6) is 6.01 Å². The van der Waals surface area contributed by atoms with Gasteiger partial charge in [-0.15, -0.1) is 20.5 Å². The highest BCUT2D eigenvalue weighted by molar-refractivity contribution is 7.86. The maximum atomic E-state index is 11.7. The molecule has 0 radical (unpaired) electrons. The summed E-state index contributed by atoms with van der Waals surface area (Å²) in [5.41, 5.74) is 13.3. The molecule has 28 heteroatoms. The molecule has 7 aromatic rings. The van der Waals surface area contributed by atoms with Crippen LogP contribution in [0.25, 0.3) is 28.1 Å². The Bertz CT molecular complexity index is 3010. The van der Waals surface area contributed by atoms with Gasteiger partial charge in [-0.2, -0.15) is 66.8 Å². The Kier molecular flexibility index (Phi) is 9.67. The van der Waals surface area contributed by atoms with Gasteiger partial charge in [0.05, 0.1) is 51.5 Å². The van der Waals surface area contributed by atoms with Gasteiger partial charge in [0.25, 0.3) is 37.8 Å². The summed E-state index contributed by atoms with van der Waals surface area (Å²) in [5, 5.41) is 53.7. The van der Waals surface area contributed by atoms with E-state index in [0.29, 0.717) is 0 Å². The second-order valence-electron chi connectivity index (χ2n) is 11.8. The van der Waals surface area contributed by atoms with E-state index in [0.717, 1.165) is 36.9 Å². The van der Waals surface area contributed by atoms with Gasteiger partial charge in [0, 0.05) is 0 Å². The van der Waals surface area contributed by atoms with Crippen LogP contribution in [0.2, 0.25) is 0 Å². The van der Waals surface area contributed by atoms with Crippen molar-refractivity contribution in [3.8, 4) is 35.4 Å². The number of aromatic hydroxyl groups is 1. The summed E-state index contributed by atoms with van der Waals surface area (Å²) >= 11 is 0. The number of nitrogens with two attached hydrogens (primary N) is 2. The molecule has 0 aliphatic carbocycles. The molecule has 59 heavy (non-hydrogen) atoms. The van der Waals surface area contributed by atoms with E-state index < -0.39 is 36.0 Å². The SMILES string of the molecule is [C-]#[N+]c1cnn(-c2cccc(S(=O)(=O)O)c2)c1N=Nc1c(C)nn(-c2nc(O)nc(-n3nc(C)c(N=Nc4c(C#N)cnn4-c4cccc(S(=O)(=O)O)c4)c3N)n2)c1N. The fourth-order valence-electron chi connectivity index (χ4n) is 5.31. The Morgan fingerprint density at radius 1 is 0.729 bits per heavy atom. The summed E-state index contributed by atoms with van der Waals surface area (Å²) in [5.74, 6) is -1.25. The highest BCUT2D eigenvalue weighted by atomic mass is 32.2. The lowest BCUT2D eigenvalue weighted by Crippen LogP contribution is -2.13. The molecule has 0 saturated heterocycles. The van der Waals surface area contributed by atoms with Gasteiger partial charge < -0.3 is 16.6 Å². The van der Waals surface area contributed by atoms with Crippen LogP contribution in [0.3, 0.4) is 0 Å². The predicted octanol–water partition coefficient (Wildman–Crippen LogP) is 3.85. The molecule has 0 spiro atoms. The normalized spacial score (nSPS) is 12.0. The number of azo groups is 2. The van der Waals surface area contributed by atoms with Crippen molar-refractivity contribution >= 4 is 60.6 Å². The Balaban J connectivity index is 1.22. The van der Waals surface area contributed by atoms with E-state index in [1.807, 2.05) is 6.07 Å². The second kappa shape index (κ2) is 14.6. The van der Waals surface area contributed by atoms with Crippen molar-refractivity contribution in [1.29, 1.82) is 5.26 Å². The third-order valence-corrected chi connectivity index (χ3v) is 9.72. The molecular formula is C31H23N19O7S2. The van der Waals surface area contributed by atoms with E-state index in [2.05, 4.69) is 60.6 Å². The predicted molar refractivity (Wildman–Crippen MR) is 200 cm³/mol. The van der Waals surface area contributed by atoms with Crippen LogP contribution in [-0.4, -0.2) is 85.1 Å². The molecule has 0 aliphatic rings. The quantitative estimate of drug-likeness (QED) is 0.0741. The van der Waals surface area contributed by atoms with E-state index >= 15 is 0 Å². The zero-order valence-corrected chi connectivity index (χ0v) is 31.5. The van der Waals surface area contributed by atoms with Crippen molar-refractivity contribution in [2.75, 3.05) is 11.5 Å². The topological polar surface area (TPSA) is 369 Å². The van der Waals surface area contributed by atoms with Gasteiger partial charge in [-0.05, 0) is 50.2 Å². The van der Waals surface area contributed by atoms with E-state index in [9.17, 15) is 36.3 Å². The minimum absolute atomic E-state index is 0.0142. The molecule has 5 heterocycles. The Labute approximate surface area is 330 Å². The monoisotopic (exact) mass is 837 g/mol. The van der Waals surface area contributed by atoms with Crippen molar-refractivity contribution in [1.82, 2.24) is 54.1 Å². The van der Waals surface area contributed by atoms with Gasteiger partial charge in [-0.1, -0.05) is 12.1 Å². The van der Waals surface area contributed by atoms with E-state index in [1.54, 1.807) is 0 Å². The molecule has 296 valence electrons. The van der Waals surface area contributed by atoms with Crippen molar-refractivity contribution in [3.63, 3.8) is 0 Å². The standard InChI is InChI=1S/C31H23N19O7S2/c1-15-23(41-43-27-17(12-32)13-36-47(27)18-6-4-8-20(10-18)58(52,53)54)25(33)49(45-15)29-38-30(40-31(51)39-29)50-26(34)24(16(2)46-50)42-44-28-22(35-3)14-37-48(28)19-7-5-9-21(11-19)59(55,56)57/h4-11,13-14H,33-34H2,1-2H3,(H,52,53,54)(H,55,56,57)(H,38,39,40,51). The first-order chi connectivity index (χ1) is 28.0. The fraction of sp³-hybridized carbons (Fsp3) is 0.0645. The van der Waals surface area contributed by atoms with Crippen LogP contribution in [0.15, 0.2) is 91.2 Å². The Morgan fingerprint density at radius 2 is 1.20 bits per heavy atom. The van der Waals surface area contributed by atoms with Gasteiger partial charge in [0.2, 0.25) is 0 Å². The number of nitrogens with zero attached hydrogens (tertiary/aromatic N) is 17. The highest BCUT2D eigenvalue weighted by Crippen LogP contribution is 2.36. The first kappa shape index (κ1) is 38.9. The minimum atomic E-state index is -4.57. The van der Waals surface area contributed by atoms with Crippen LogP contribution in [0.4, 0.5) is 40.3 Å². The lowest BCUT2D eigenvalue weighted by molar-refractivity contribution is 0.423. The Hall–Kier alpha value is -8.31. The van der Waals surface area contributed by atoms with Gasteiger partial charge in [-0.3, -0.25) is 9.11 Å². The molecule has 2 aromatic carbocycles. The van der Waals surface area contributed by atoms with Crippen molar-refractivity contribution < 1.29 is 31.0 Å². The minimum Gasteiger partial charge on any atom is -0.479 e. The van der Waals surface area contributed by atoms with Crippen molar-refractivity contribution in [3.05, 3.63) is 89.3 Å². The first-order valence-corrected chi connectivity index (χ1v) is 19.0. The molecule has 5 aromatic heterocycles. The van der Waals surface area contributed by atoms with E-state index in [1.165, 1.54) is 56.6 Å². The summed E-state index contributed by atoms with van der Waals surface area (Å²) in [7, 11) is -9.13. The number of aromatic nitrogens is 11. The number of rotatable bonds is 10. The van der Waals surface area contributed by atoms with Gasteiger partial charge in [0.1, 0.15) is 11.6 Å². The van der Waals surface area contributed by atoms with Gasteiger partial charge >= 0.3 is 6.01 Å². The van der Waals surface area contributed by atoms with Crippen LogP contribution in [-0.2, 0) is 20.2 Å². The summed E-state index contributed by atoms with van der Waals surface area (Å²) in [6.45, 7) is 10.6. The smallest absolute Gasteiger partial charge is 0.320 e. The molecule has 0 bridgehead atoms. The lowest BCUT2D eigenvalue weighted by Gasteiger charge is -2.07. The van der Waals surface area contributed by atoms with Crippen molar-refractivity contribution in [2.45, 2.75) is 23.6 Å². The van der Waals surface area contributed by atoms with Crippen LogP contribution < -0.4 is 11.5 Å². The summed E-state index contributed by atoms with van der Waals surface area (Å²) < 4.78 is 70.2. The Morgan fingerprint density at radius 3 is 1.68 bits per heavy atom. The van der Waals surface area contributed by atoms with Crippen LogP contribution >= 0.6 is 0 Å². The van der Waals surface area contributed by atoms with E-state index in [-0.39, 0.29) is 80.6 Å². The largest absolute Gasteiger partial charge is 0.479 e. The molecule has 26 nitrogen and oxygen atoms in total. The molecule has 7 rings (SSSR count).